The third-order valence-electron chi connectivity index (χ3n) is 6.66. The van der Waals surface area contributed by atoms with E-state index < -0.39 is 29.9 Å². The summed E-state index contributed by atoms with van der Waals surface area (Å²) in [5.74, 6) is -2.44. The fourth-order valence-electron chi connectivity index (χ4n) is 4.98. The number of aliphatic carboxylic acids is 1. The Kier molecular flexibility index (Phi) is 6.17. The largest absolute Gasteiger partial charge is 0.481 e. The second kappa shape index (κ2) is 9.57. The highest BCUT2D eigenvalue weighted by molar-refractivity contribution is 5.92. The highest BCUT2D eigenvalue weighted by Crippen LogP contribution is 2.44. The van der Waals surface area contributed by atoms with Gasteiger partial charge in [0.25, 0.3) is 11.9 Å². The third-order valence-corrected chi connectivity index (χ3v) is 6.66. The van der Waals surface area contributed by atoms with Crippen LogP contribution in [0.4, 0.5) is 10.7 Å². The van der Waals surface area contributed by atoms with E-state index in [4.69, 9.17) is 4.74 Å². The lowest BCUT2D eigenvalue weighted by atomic mass is 9.84. The molecular formula is C25H25N5O5. The Labute approximate surface area is 201 Å². The van der Waals surface area contributed by atoms with E-state index >= 15 is 0 Å². The molecule has 2 aliphatic rings. The van der Waals surface area contributed by atoms with Crippen LogP contribution in [0.3, 0.4) is 0 Å². The Bertz CT molecular complexity index is 1230. The molecule has 0 radical (unpaired) electrons. The van der Waals surface area contributed by atoms with Crippen molar-refractivity contribution >= 4 is 23.9 Å². The Hall–Kier alpha value is -4.21. The molecular weight excluding hydrogens is 450 g/mol. The molecule has 0 unspecified atom stereocenters. The molecule has 2 amide bonds. The van der Waals surface area contributed by atoms with Gasteiger partial charge >= 0.3 is 12.1 Å². The van der Waals surface area contributed by atoms with Gasteiger partial charge in [0.05, 0.1) is 5.92 Å². The summed E-state index contributed by atoms with van der Waals surface area (Å²) in [6.45, 7) is 0.135. The number of carbonyl (C=O) groups is 3. The van der Waals surface area contributed by atoms with Crippen LogP contribution in [-0.2, 0) is 9.53 Å². The van der Waals surface area contributed by atoms with Crippen LogP contribution in [0.1, 0.15) is 53.3 Å². The Balaban J connectivity index is 1.19. The molecule has 0 bridgehead atoms. The van der Waals surface area contributed by atoms with Gasteiger partial charge in [-0.25, -0.2) is 4.79 Å². The van der Waals surface area contributed by atoms with Gasteiger partial charge in [0.2, 0.25) is 5.82 Å². The van der Waals surface area contributed by atoms with Crippen LogP contribution in [-0.4, -0.2) is 50.9 Å². The third kappa shape index (κ3) is 4.59. The summed E-state index contributed by atoms with van der Waals surface area (Å²) in [5.41, 5.74) is 4.45. The van der Waals surface area contributed by atoms with Crippen LogP contribution in [0.15, 0.2) is 48.5 Å². The number of aromatic amines is 1. The van der Waals surface area contributed by atoms with Crippen molar-refractivity contribution in [2.45, 2.75) is 37.6 Å². The van der Waals surface area contributed by atoms with Crippen LogP contribution in [0.5, 0.6) is 0 Å². The first-order chi connectivity index (χ1) is 17.0. The number of H-pyrrole nitrogens is 1. The number of carboxylic acid groups (broad SMARTS) is 1. The summed E-state index contributed by atoms with van der Waals surface area (Å²) in [7, 11) is 0. The summed E-state index contributed by atoms with van der Waals surface area (Å²) >= 11 is 0. The fraction of sp³-hybridized carbons (Fsp3) is 0.320. The smallest absolute Gasteiger partial charge is 0.414 e. The van der Waals surface area contributed by atoms with Crippen molar-refractivity contribution in [1.82, 2.24) is 20.5 Å². The number of benzene rings is 2. The molecule has 0 saturated heterocycles. The minimum atomic E-state index is -0.926. The highest BCUT2D eigenvalue weighted by Gasteiger charge is 2.33. The number of fused-ring (bicyclic) bond motifs is 3. The van der Waals surface area contributed by atoms with Crippen LogP contribution >= 0.6 is 0 Å². The molecule has 2 aliphatic carbocycles. The molecule has 4 N–H and O–H groups in total. The number of nitrogens with one attached hydrogen (secondary N) is 3. The molecule has 35 heavy (non-hydrogen) atoms. The van der Waals surface area contributed by atoms with E-state index in [9.17, 15) is 19.5 Å². The maximum Gasteiger partial charge on any atom is 0.414 e. The van der Waals surface area contributed by atoms with Crippen molar-refractivity contribution in [1.29, 1.82) is 0 Å². The van der Waals surface area contributed by atoms with Gasteiger partial charge < -0.3 is 15.2 Å². The zero-order valence-electron chi connectivity index (χ0n) is 18.9. The van der Waals surface area contributed by atoms with Crippen molar-refractivity contribution in [3.63, 3.8) is 0 Å². The number of anilines is 1. The molecule has 1 saturated carbocycles. The van der Waals surface area contributed by atoms with Gasteiger partial charge in [-0.3, -0.25) is 20.0 Å². The summed E-state index contributed by atoms with van der Waals surface area (Å²) < 4.78 is 5.47. The number of nitrogens with zero attached hydrogens (tertiary/aromatic N) is 2. The minimum absolute atomic E-state index is 0.0840. The zero-order chi connectivity index (χ0) is 24.4. The predicted molar refractivity (Wildman–Crippen MR) is 126 cm³/mol. The first kappa shape index (κ1) is 22.6. The zero-order valence-corrected chi connectivity index (χ0v) is 18.9. The van der Waals surface area contributed by atoms with Crippen LogP contribution in [0.25, 0.3) is 11.1 Å². The van der Waals surface area contributed by atoms with Gasteiger partial charge in [0, 0.05) is 12.0 Å². The van der Waals surface area contributed by atoms with Gasteiger partial charge in [0.15, 0.2) is 0 Å². The number of carboxylic acids is 1. The molecule has 180 valence electrons. The lowest BCUT2D eigenvalue weighted by Gasteiger charge is -2.28. The SMILES string of the molecule is O=C(Nc1n[nH]c(C(=O)N[C@H]2CCCC[C@H]2C(=O)O)n1)OCC1c2ccccc2-c2ccccc21. The predicted octanol–water partition coefficient (Wildman–Crippen LogP) is 3.54. The summed E-state index contributed by atoms with van der Waals surface area (Å²) in [4.78, 5) is 40.4. The molecule has 1 fully saturated rings. The van der Waals surface area contributed by atoms with E-state index in [-0.39, 0.29) is 24.3 Å². The summed E-state index contributed by atoms with van der Waals surface area (Å²) in [6.07, 6.45) is 2.03. The average molecular weight is 476 g/mol. The molecule has 1 aromatic heterocycles. The quantitative estimate of drug-likeness (QED) is 0.426. The first-order valence-electron chi connectivity index (χ1n) is 11.6. The van der Waals surface area contributed by atoms with E-state index in [0.29, 0.717) is 12.8 Å². The molecule has 0 spiro atoms. The summed E-state index contributed by atoms with van der Waals surface area (Å²) in [5, 5.41) is 20.9. The first-order valence-corrected chi connectivity index (χ1v) is 11.6. The van der Waals surface area contributed by atoms with Crippen molar-refractivity contribution in [3.8, 4) is 11.1 Å². The van der Waals surface area contributed by atoms with Gasteiger partial charge in [0.1, 0.15) is 6.61 Å². The molecule has 2 atom stereocenters. The highest BCUT2D eigenvalue weighted by atomic mass is 16.5. The number of ether oxygens (including phenoxy) is 1. The second-order valence-electron chi connectivity index (χ2n) is 8.77. The van der Waals surface area contributed by atoms with Crippen molar-refractivity contribution in [3.05, 3.63) is 65.5 Å². The van der Waals surface area contributed by atoms with E-state index in [2.05, 4.69) is 37.9 Å². The monoisotopic (exact) mass is 475 g/mol. The van der Waals surface area contributed by atoms with Gasteiger partial charge in [-0.05, 0) is 35.1 Å². The Morgan fingerprint density at radius 2 is 1.66 bits per heavy atom. The van der Waals surface area contributed by atoms with Gasteiger partial charge in [-0.15, -0.1) is 5.10 Å². The molecule has 1 heterocycles. The summed E-state index contributed by atoms with van der Waals surface area (Å²) in [6, 6.07) is 15.6. The topological polar surface area (TPSA) is 146 Å². The van der Waals surface area contributed by atoms with Crippen molar-refractivity contribution in [2.24, 2.45) is 5.92 Å². The lowest BCUT2D eigenvalue weighted by molar-refractivity contribution is -0.143. The van der Waals surface area contributed by atoms with E-state index in [1.165, 1.54) is 0 Å². The van der Waals surface area contributed by atoms with Crippen molar-refractivity contribution in [2.75, 3.05) is 11.9 Å². The van der Waals surface area contributed by atoms with E-state index in [0.717, 1.165) is 35.1 Å². The maximum absolute atomic E-state index is 12.5. The normalized spacial score (nSPS) is 18.9. The standard InChI is InChI=1S/C25H25N5O5/c31-22(26-20-12-6-5-11-18(20)23(32)33)21-27-24(30-29-21)28-25(34)35-13-19-16-9-3-1-7-14(16)15-8-2-4-10-17(15)19/h1-4,7-10,18-20H,5-6,11-13H2,(H,26,31)(H,32,33)(H2,27,28,29,30,34)/t18-,20+/m1/s1. The van der Waals surface area contributed by atoms with Gasteiger partial charge in [-0.2, -0.15) is 4.98 Å². The fourth-order valence-corrected chi connectivity index (χ4v) is 4.98. The molecule has 10 heteroatoms. The number of carbonyl (C=O) groups excluding carboxylic acids is 2. The van der Waals surface area contributed by atoms with E-state index in [1.807, 2.05) is 36.4 Å². The van der Waals surface area contributed by atoms with Crippen LogP contribution in [0.2, 0.25) is 0 Å². The molecule has 3 aromatic rings. The molecule has 0 aliphatic heterocycles. The van der Waals surface area contributed by atoms with Crippen LogP contribution in [0, 0.1) is 5.92 Å². The molecule has 5 rings (SSSR count). The van der Waals surface area contributed by atoms with Crippen LogP contribution < -0.4 is 10.6 Å². The number of hydrogen-bond acceptors (Lipinski definition) is 6. The number of aromatic nitrogens is 3. The Morgan fingerprint density at radius 1 is 1.00 bits per heavy atom. The minimum Gasteiger partial charge on any atom is -0.481 e. The lowest BCUT2D eigenvalue weighted by Crippen LogP contribution is -2.45. The van der Waals surface area contributed by atoms with Gasteiger partial charge in [-0.1, -0.05) is 61.4 Å². The number of amides is 2. The second-order valence-corrected chi connectivity index (χ2v) is 8.77. The number of rotatable bonds is 6. The Morgan fingerprint density at radius 3 is 2.34 bits per heavy atom. The maximum atomic E-state index is 12.5. The molecule has 10 nitrogen and oxygen atoms in total. The average Bonchev–Trinajstić information content (AvgIpc) is 3.46. The van der Waals surface area contributed by atoms with E-state index in [1.54, 1.807) is 0 Å². The molecule has 2 aromatic carbocycles. The van der Waals surface area contributed by atoms with Crippen molar-refractivity contribution < 1.29 is 24.2 Å². The number of hydrogen-bond donors (Lipinski definition) is 4.